The van der Waals surface area contributed by atoms with E-state index in [2.05, 4.69) is 0 Å². The molecule has 0 atom stereocenters. The number of aromatic carboxylic acids is 1. The number of hydrogen-bond donors (Lipinski definition) is 1. The number of carboxylic acids is 1. The first-order valence-corrected chi connectivity index (χ1v) is 5.38. The molecule has 4 nitrogen and oxygen atoms in total. The van der Waals surface area contributed by atoms with Crippen LogP contribution < -0.4 is 0 Å². The topological polar surface area (TPSA) is 59.3 Å². The minimum absolute atomic E-state index is 0.108. The molecular formula is C13H13NO3. The zero-order valence-corrected chi connectivity index (χ0v) is 9.68. The van der Waals surface area contributed by atoms with Crippen molar-refractivity contribution in [2.24, 2.45) is 0 Å². The highest BCUT2D eigenvalue weighted by molar-refractivity contribution is 5.95. The summed E-state index contributed by atoms with van der Waals surface area (Å²) in [5.74, 6) is -0.962. The number of carbonyl (C=O) groups is 2. The number of fused-ring (bicyclic) bond motifs is 1. The van der Waals surface area contributed by atoms with E-state index in [1.807, 2.05) is 18.4 Å². The first-order chi connectivity index (χ1) is 8.04. The van der Waals surface area contributed by atoms with Gasteiger partial charge in [-0.25, -0.2) is 4.79 Å². The largest absolute Gasteiger partial charge is 0.478 e. The molecule has 0 aliphatic heterocycles. The van der Waals surface area contributed by atoms with E-state index in [9.17, 15) is 9.59 Å². The zero-order valence-electron chi connectivity index (χ0n) is 9.68. The lowest BCUT2D eigenvalue weighted by atomic mass is 10.1. The molecule has 2 rings (SSSR count). The van der Waals surface area contributed by atoms with E-state index in [-0.39, 0.29) is 11.6 Å². The number of aromatic nitrogens is 1. The van der Waals surface area contributed by atoms with Crippen molar-refractivity contribution in [1.29, 1.82) is 0 Å². The summed E-state index contributed by atoms with van der Waals surface area (Å²) in [5.41, 5.74) is 1.58. The molecule has 2 aromatic rings. The fourth-order valence-electron chi connectivity index (χ4n) is 2.04. The molecule has 1 heterocycles. The van der Waals surface area contributed by atoms with Crippen LogP contribution in [0.25, 0.3) is 10.9 Å². The Morgan fingerprint density at radius 3 is 2.59 bits per heavy atom. The molecule has 1 N–H and O–H groups in total. The summed E-state index contributed by atoms with van der Waals surface area (Å²) in [7, 11) is 0. The number of rotatable bonds is 3. The third-order valence-electron chi connectivity index (χ3n) is 2.76. The van der Waals surface area contributed by atoms with Crippen LogP contribution in [0.2, 0.25) is 0 Å². The average Bonchev–Trinajstić information content (AvgIpc) is 2.65. The molecule has 0 aliphatic rings. The Morgan fingerprint density at radius 2 is 2.06 bits per heavy atom. The summed E-state index contributed by atoms with van der Waals surface area (Å²) in [6, 6.07) is 6.75. The average molecular weight is 231 g/mol. The Balaban J connectivity index is 2.78. The Bertz CT molecular complexity index is 596. The maximum absolute atomic E-state index is 11.0. The van der Waals surface area contributed by atoms with E-state index in [4.69, 9.17) is 5.11 Å². The van der Waals surface area contributed by atoms with Crippen molar-refractivity contribution in [2.45, 2.75) is 19.9 Å². The first kappa shape index (κ1) is 11.4. The quantitative estimate of drug-likeness (QED) is 0.826. The van der Waals surface area contributed by atoms with Crippen LogP contribution in [0.3, 0.4) is 0 Å². The van der Waals surface area contributed by atoms with Gasteiger partial charge in [0.15, 0.2) is 6.29 Å². The number of aldehydes is 1. The van der Waals surface area contributed by atoms with Crippen molar-refractivity contribution in [3.63, 3.8) is 0 Å². The summed E-state index contributed by atoms with van der Waals surface area (Å²) in [6.45, 7) is 3.92. The maximum Gasteiger partial charge on any atom is 0.335 e. The van der Waals surface area contributed by atoms with Crippen LogP contribution in [0.5, 0.6) is 0 Å². The van der Waals surface area contributed by atoms with Gasteiger partial charge in [0.2, 0.25) is 0 Å². The SMILES string of the molecule is CC(C)n1c(C=O)cc2ccc(C(=O)O)cc21. The number of hydrogen-bond acceptors (Lipinski definition) is 2. The molecule has 0 saturated heterocycles. The lowest BCUT2D eigenvalue weighted by Crippen LogP contribution is -2.05. The minimum atomic E-state index is -0.962. The van der Waals surface area contributed by atoms with Gasteiger partial charge in [0.1, 0.15) is 0 Å². The summed E-state index contributed by atoms with van der Waals surface area (Å²) in [4.78, 5) is 21.9. The standard InChI is InChI=1S/C13H13NO3/c1-8(2)14-11(7-15)5-9-3-4-10(13(16)17)6-12(9)14/h3-8H,1-2H3,(H,16,17). The third-order valence-corrected chi connectivity index (χ3v) is 2.76. The van der Waals surface area contributed by atoms with E-state index >= 15 is 0 Å². The molecule has 0 amide bonds. The first-order valence-electron chi connectivity index (χ1n) is 5.38. The molecule has 88 valence electrons. The van der Waals surface area contributed by atoms with Crippen LogP contribution in [-0.4, -0.2) is 21.9 Å². The second-order valence-corrected chi connectivity index (χ2v) is 4.23. The van der Waals surface area contributed by atoms with E-state index in [0.717, 1.165) is 17.2 Å². The second-order valence-electron chi connectivity index (χ2n) is 4.23. The van der Waals surface area contributed by atoms with Gasteiger partial charge in [0.05, 0.1) is 11.3 Å². The highest BCUT2D eigenvalue weighted by Gasteiger charge is 2.13. The molecule has 1 aromatic heterocycles. The van der Waals surface area contributed by atoms with Crippen LogP contribution in [0.1, 0.15) is 40.7 Å². The Hall–Kier alpha value is -2.10. The van der Waals surface area contributed by atoms with Crippen molar-refractivity contribution < 1.29 is 14.7 Å². The molecule has 0 bridgehead atoms. The summed E-state index contributed by atoms with van der Waals surface area (Å²) >= 11 is 0. The zero-order chi connectivity index (χ0) is 12.6. The van der Waals surface area contributed by atoms with Gasteiger partial charge in [-0.1, -0.05) is 6.07 Å². The third kappa shape index (κ3) is 1.82. The van der Waals surface area contributed by atoms with Crippen molar-refractivity contribution in [1.82, 2.24) is 4.57 Å². The molecule has 17 heavy (non-hydrogen) atoms. The monoisotopic (exact) mass is 231 g/mol. The van der Waals surface area contributed by atoms with Gasteiger partial charge < -0.3 is 9.67 Å². The van der Waals surface area contributed by atoms with E-state index in [0.29, 0.717) is 5.69 Å². The summed E-state index contributed by atoms with van der Waals surface area (Å²) in [6.07, 6.45) is 0.792. The van der Waals surface area contributed by atoms with Crippen LogP contribution in [-0.2, 0) is 0 Å². The molecule has 0 radical (unpaired) electrons. The van der Waals surface area contributed by atoms with E-state index < -0.39 is 5.97 Å². The number of nitrogens with zero attached hydrogens (tertiary/aromatic N) is 1. The van der Waals surface area contributed by atoms with Gasteiger partial charge >= 0.3 is 5.97 Å². The predicted molar refractivity (Wildman–Crippen MR) is 64.7 cm³/mol. The molecule has 0 unspecified atom stereocenters. The Labute approximate surface area is 98.5 Å². The van der Waals surface area contributed by atoms with Crippen molar-refractivity contribution in [2.75, 3.05) is 0 Å². The van der Waals surface area contributed by atoms with Gasteiger partial charge in [-0.3, -0.25) is 4.79 Å². The van der Waals surface area contributed by atoms with Crippen LogP contribution in [0.4, 0.5) is 0 Å². The van der Waals surface area contributed by atoms with Gasteiger partial charge in [-0.15, -0.1) is 0 Å². The fraction of sp³-hybridized carbons (Fsp3) is 0.231. The molecule has 4 heteroatoms. The molecule has 0 saturated carbocycles. The number of carbonyl (C=O) groups excluding carboxylic acids is 1. The van der Waals surface area contributed by atoms with Gasteiger partial charge in [0, 0.05) is 16.9 Å². The molecule has 0 aliphatic carbocycles. The van der Waals surface area contributed by atoms with Crippen molar-refractivity contribution in [3.05, 3.63) is 35.5 Å². The lowest BCUT2D eigenvalue weighted by molar-refractivity contribution is 0.0697. The highest BCUT2D eigenvalue weighted by atomic mass is 16.4. The van der Waals surface area contributed by atoms with Crippen LogP contribution >= 0.6 is 0 Å². The number of carboxylic acid groups (broad SMARTS) is 1. The van der Waals surface area contributed by atoms with Gasteiger partial charge in [-0.2, -0.15) is 0 Å². The lowest BCUT2D eigenvalue weighted by Gasteiger charge is -2.11. The molecule has 1 aromatic carbocycles. The second kappa shape index (κ2) is 4.05. The Kier molecular flexibility index (Phi) is 2.71. The van der Waals surface area contributed by atoms with Crippen LogP contribution in [0, 0.1) is 0 Å². The van der Waals surface area contributed by atoms with Crippen molar-refractivity contribution in [3.8, 4) is 0 Å². The highest BCUT2D eigenvalue weighted by Crippen LogP contribution is 2.24. The maximum atomic E-state index is 11.0. The molecule has 0 spiro atoms. The van der Waals surface area contributed by atoms with Crippen LogP contribution in [0.15, 0.2) is 24.3 Å². The van der Waals surface area contributed by atoms with Crippen molar-refractivity contribution >= 4 is 23.2 Å². The molecular weight excluding hydrogens is 218 g/mol. The molecule has 0 fully saturated rings. The number of benzene rings is 1. The smallest absolute Gasteiger partial charge is 0.335 e. The minimum Gasteiger partial charge on any atom is -0.478 e. The normalized spacial score (nSPS) is 11.0. The summed E-state index contributed by atoms with van der Waals surface area (Å²) < 4.78 is 1.84. The Morgan fingerprint density at radius 1 is 1.35 bits per heavy atom. The van der Waals surface area contributed by atoms with Gasteiger partial charge in [-0.05, 0) is 32.0 Å². The van der Waals surface area contributed by atoms with E-state index in [1.165, 1.54) is 0 Å². The van der Waals surface area contributed by atoms with Gasteiger partial charge in [0.25, 0.3) is 0 Å². The summed E-state index contributed by atoms with van der Waals surface area (Å²) in [5, 5.41) is 9.84. The predicted octanol–water partition coefficient (Wildman–Crippen LogP) is 2.73. The van der Waals surface area contributed by atoms with E-state index in [1.54, 1.807) is 24.3 Å². The fourth-order valence-corrected chi connectivity index (χ4v) is 2.04.